The van der Waals surface area contributed by atoms with Crippen molar-refractivity contribution in [1.29, 1.82) is 0 Å². The summed E-state index contributed by atoms with van der Waals surface area (Å²) >= 11 is 0. The second kappa shape index (κ2) is 6.25. The lowest BCUT2D eigenvalue weighted by atomic mass is 9.92. The molecule has 0 amide bonds. The van der Waals surface area contributed by atoms with Gasteiger partial charge < -0.3 is 10.1 Å². The Morgan fingerprint density at radius 3 is 2.94 bits per heavy atom. The van der Waals surface area contributed by atoms with Gasteiger partial charge in [0.15, 0.2) is 0 Å². The van der Waals surface area contributed by atoms with Gasteiger partial charge in [-0.2, -0.15) is 0 Å². The molecular formula is C14H19F2NO. The van der Waals surface area contributed by atoms with Gasteiger partial charge in [-0.05, 0) is 43.1 Å². The Balaban J connectivity index is 2.09. The third-order valence-electron chi connectivity index (χ3n) is 3.45. The molecule has 0 saturated carbocycles. The van der Waals surface area contributed by atoms with Crippen LogP contribution in [-0.2, 0) is 11.2 Å². The highest BCUT2D eigenvalue weighted by molar-refractivity contribution is 5.20. The smallest absolute Gasteiger partial charge is 0.126 e. The Kier molecular flexibility index (Phi) is 4.66. The van der Waals surface area contributed by atoms with Gasteiger partial charge in [0.1, 0.15) is 11.6 Å². The molecule has 1 aromatic carbocycles. The molecule has 0 spiro atoms. The molecule has 2 rings (SSSR count). The molecule has 0 aromatic heterocycles. The maximum Gasteiger partial charge on any atom is 0.126 e. The lowest BCUT2D eigenvalue weighted by molar-refractivity contribution is 0.176. The van der Waals surface area contributed by atoms with Crippen LogP contribution in [0, 0.1) is 17.6 Å². The van der Waals surface area contributed by atoms with Gasteiger partial charge in [-0.3, -0.25) is 0 Å². The van der Waals surface area contributed by atoms with E-state index < -0.39 is 0 Å². The summed E-state index contributed by atoms with van der Waals surface area (Å²) < 4.78 is 32.1. The van der Waals surface area contributed by atoms with Crippen molar-refractivity contribution >= 4 is 0 Å². The molecule has 2 unspecified atom stereocenters. The van der Waals surface area contributed by atoms with E-state index in [1.807, 2.05) is 6.92 Å². The number of hydrogen-bond donors (Lipinski definition) is 1. The van der Waals surface area contributed by atoms with Crippen LogP contribution in [0.25, 0.3) is 0 Å². The number of likely N-dealkylation sites (N-methyl/N-ethyl adjacent to an activating group) is 1. The van der Waals surface area contributed by atoms with Gasteiger partial charge in [0, 0.05) is 18.6 Å². The second-order valence-electron chi connectivity index (χ2n) is 4.73. The predicted molar refractivity (Wildman–Crippen MR) is 66.5 cm³/mol. The molecule has 0 radical (unpaired) electrons. The van der Waals surface area contributed by atoms with Gasteiger partial charge in [-0.15, -0.1) is 0 Å². The molecule has 1 aliphatic rings. The number of rotatable bonds is 5. The van der Waals surface area contributed by atoms with Crippen molar-refractivity contribution < 1.29 is 13.5 Å². The Morgan fingerprint density at radius 2 is 2.28 bits per heavy atom. The maximum atomic E-state index is 13.6. The van der Waals surface area contributed by atoms with Crippen molar-refractivity contribution in [2.45, 2.75) is 25.8 Å². The first-order valence-electron chi connectivity index (χ1n) is 6.45. The zero-order chi connectivity index (χ0) is 13.0. The molecule has 1 heterocycles. The van der Waals surface area contributed by atoms with Crippen LogP contribution >= 0.6 is 0 Å². The summed E-state index contributed by atoms with van der Waals surface area (Å²) in [5.74, 6) is -0.338. The summed E-state index contributed by atoms with van der Waals surface area (Å²) in [6, 6.07) is 3.78. The van der Waals surface area contributed by atoms with Gasteiger partial charge in [0.25, 0.3) is 0 Å². The average molecular weight is 255 g/mol. The summed E-state index contributed by atoms with van der Waals surface area (Å²) in [4.78, 5) is 0. The lowest BCUT2D eigenvalue weighted by Gasteiger charge is -2.23. The van der Waals surface area contributed by atoms with Crippen molar-refractivity contribution in [3.05, 3.63) is 35.4 Å². The minimum atomic E-state index is -0.385. The summed E-state index contributed by atoms with van der Waals surface area (Å²) in [7, 11) is 0. The molecular weight excluding hydrogens is 236 g/mol. The standard InChI is InChI=1S/C14H19F2NO/c1-2-17-14(10-5-6-18-9-10)8-11-7-12(15)3-4-13(11)16/h3-4,7,10,14,17H,2,5-6,8-9H2,1H3. The van der Waals surface area contributed by atoms with Crippen LogP contribution in [0.2, 0.25) is 0 Å². The van der Waals surface area contributed by atoms with Crippen LogP contribution in [0.15, 0.2) is 18.2 Å². The van der Waals surface area contributed by atoms with Crippen molar-refractivity contribution in [3.8, 4) is 0 Å². The van der Waals surface area contributed by atoms with Gasteiger partial charge in [0.2, 0.25) is 0 Å². The molecule has 4 heteroatoms. The first kappa shape index (κ1) is 13.4. The largest absolute Gasteiger partial charge is 0.381 e. The van der Waals surface area contributed by atoms with Gasteiger partial charge >= 0.3 is 0 Å². The van der Waals surface area contributed by atoms with Crippen molar-refractivity contribution in [2.75, 3.05) is 19.8 Å². The Labute approximate surface area is 106 Å². The number of benzene rings is 1. The van der Waals surface area contributed by atoms with E-state index in [4.69, 9.17) is 4.74 Å². The molecule has 1 saturated heterocycles. The fourth-order valence-electron chi connectivity index (χ4n) is 2.47. The third kappa shape index (κ3) is 3.27. The van der Waals surface area contributed by atoms with E-state index in [2.05, 4.69) is 5.32 Å². The molecule has 18 heavy (non-hydrogen) atoms. The number of halogens is 2. The molecule has 1 fully saturated rings. The van der Waals surface area contributed by atoms with E-state index >= 15 is 0 Å². The lowest BCUT2D eigenvalue weighted by Crippen LogP contribution is -2.38. The summed E-state index contributed by atoms with van der Waals surface area (Å²) in [5.41, 5.74) is 0.438. The van der Waals surface area contributed by atoms with Crippen molar-refractivity contribution in [3.63, 3.8) is 0 Å². The average Bonchev–Trinajstić information content (AvgIpc) is 2.87. The van der Waals surface area contributed by atoms with Gasteiger partial charge in [-0.25, -0.2) is 8.78 Å². The van der Waals surface area contributed by atoms with E-state index in [0.717, 1.165) is 25.6 Å². The van der Waals surface area contributed by atoms with Crippen LogP contribution in [0.4, 0.5) is 8.78 Å². The highest BCUT2D eigenvalue weighted by atomic mass is 19.1. The van der Waals surface area contributed by atoms with Crippen LogP contribution in [0.3, 0.4) is 0 Å². The van der Waals surface area contributed by atoms with Crippen LogP contribution < -0.4 is 5.32 Å². The van der Waals surface area contributed by atoms with E-state index in [0.29, 0.717) is 24.5 Å². The molecule has 0 aliphatic carbocycles. The Hall–Kier alpha value is -1.00. The molecule has 1 aromatic rings. The van der Waals surface area contributed by atoms with E-state index in [9.17, 15) is 8.78 Å². The topological polar surface area (TPSA) is 21.3 Å². The molecule has 100 valence electrons. The molecule has 1 N–H and O–H groups in total. The zero-order valence-corrected chi connectivity index (χ0v) is 10.6. The van der Waals surface area contributed by atoms with Crippen molar-refractivity contribution in [1.82, 2.24) is 5.32 Å². The number of ether oxygens (including phenoxy) is 1. The van der Waals surface area contributed by atoms with Crippen LogP contribution in [0.1, 0.15) is 18.9 Å². The van der Waals surface area contributed by atoms with Gasteiger partial charge in [0.05, 0.1) is 6.61 Å². The fraction of sp³-hybridized carbons (Fsp3) is 0.571. The second-order valence-corrected chi connectivity index (χ2v) is 4.73. The predicted octanol–water partition coefficient (Wildman–Crippen LogP) is 2.52. The summed E-state index contributed by atoms with van der Waals surface area (Å²) in [6.07, 6.45) is 1.49. The minimum absolute atomic E-state index is 0.147. The third-order valence-corrected chi connectivity index (χ3v) is 3.45. The van der Waals surface area contributed by atoms with Gasteiger partial charge in [-0.1, -0.05) is 6.92 Å². The summed E-state index contributed by atoms with van der Waals surface area (Å²) in [6.45, 7) is 4.30. The highest BCUT2D eigenvalue weighted by Gasteiger charge is 2.26. The van der Waals surface area contributed by atoms with Crippen LogP contribution in [0.5, 0.6) is 0 Å². The number of nitrogens with one attached hydrogen (secondary N) is 1. The highest BCUT2D eigenvalue weighted by Crippen LogP contribution is 2.21. The molecule has 2 nitrogen and oxygen atoms in total. The molecule has 1 aliphatic heterocycles. The minimum Gasteiger partial charge on any atom is -0.381 e. The first-order valence-corrected chi connectivity index (χ1v) is 6.45. The zero-order valence-electron chi connectivity index (χ0n) is 10.6. The maximum absolute atomic E-state index is 13.6. The summed E-state index contributed by atoms with van der Waals surface area (Å²) in [5, 5.41) is 3.35. The van der Waals surface area contributed by atoms with E-state index in [1.54, 1.807) is 0 Å². The Morgan fingerprint density at radius 1 is 1.44 bits per heavy atom. The number of hydrogen-bond acceptors (Lipinski definition) is 2. The van der Waals surface area contributed by atoms with E-state index in [1.165, 1.54) is 12.1 Å². The quantitative estimate of drug-likeness (QED) is 0.873. The molecule has 0 bridgehead atoms. The molecule has 2 atom stereocenters. The van der Waals surface area contributed by atoms with E-state index in [-0.39, 0.29) is 17.7 Å². The van der Waals surface area contributed by atoms with Crippen molar-refractivity contribution in [2.24, 2.45) is 5.92 Å². The SMILES string of the molecule is CCNC(Cc1cc(F)ccc1F)C1CCOC1. The monoisotopic (exact) mass is 255 g/mol. The van der Waals surface area contributed by atoms with Crippen LogP contribution in [-0.4, -0.2) is 25.8 Å². The fourth-order valence-corrected chi connectivity index (χ4v) is 2.47. The Bertz CT molecular complexity index is 391. The normalized spacial score (nSPS) is 21.2. The first-order chi connectivity index (χ1) is 8.70.